The molecule has 2 aliphatic rings. The lowest BCUT2D eigenvalue weighted by atomic mass is 10.1. The van der Waals surface area contributed by atoms with Gasteiger partial charge in [-0.1, -0.05) is 0 Å². The number of thioether (sulfide) groups is 1. The standard InChI is InChI=1S/C7H14N2S/c1-3-8-4-2-7(1)9-5-6-10-7/h8-9H,1-6H2. The molecule has 3 heteroatoms. The fraction of sp³-hybridized carbons (Fsp3) is 1.00. The van der Waals surface area contributed by atoms with Crippen LogP contribution in [0.3, 0.4) is 0 Å². The third-order valence-electron chi connectivity index (χ3n) is 2.34. The fourth-order valence-corrected chi connectivity index (χ4v) is 3.02. The number of nitrogens with one attached hydrogen (secondary N) is 2. The molecule has 0 atom stereocenters. The van der Waals surface area contributed by atoms with Crippen LogP contribution in [0.2, 0.25) is 0 Å². The predicted molar refractivity (Wildman–Crippen MR) is 45.3 cm³/mol. The van der Waals surface area contributed by atoms with Gasteiger partial charge in [-0.2, -0.15) is 0 Å². The summed E-state index contributed by atoms with van der Waals surface area (Å²) in [7, 11) is 0. The Morgan fingerprint density at radius 1 is 1.10 bits per heavy atom. The molecule has 0 aliphatic carbocycles. The largest absolute Gasteiger partial charge is 0.317 e. The van der Waals surface area contributed by atoms with E-state index in [1.807, 2.05) is 0 Å². The van der Waals surface area contributed by atoms with Crippen molar-refractivity contribution in [3.05, 3.63) is 0 Å². The van der Waals surface area contributed by atoms with E-state index in [0.29, 0.717) is 4.87 Å². The molecule has 0 aromatic rings. The SMILES string of the molecule is C1CC2(CCN1)NCCS2. The van der Waals surface area contributed by atoms with E-state index >= 15 is 0 Å². The second-order valence-corrected chi connectivity index (χ2v) is 4.50. The molecule has 2 saturated heterocycles. The summed E-state index contributed by atoms with van der Waals surface area (Å²) < 4.78 is 0. The Morgan fingerprint density at radius 2 is 1.90 bits per heavy atom. The maximum Gasteiger partial charge on any atom is 0.0670 e. The van der Waals surface area contributed by atoms with Gasteiger partial charge in [0.15, 0.2) is 0 Å². The Labute approximate surface area is 66.1 Å². The summed E-state index contributed by atoms with van der Waals surface area (Å²) in [6.45, 7) is 3.60. The summed E-state index contributed by atoms with van der Waals surface area (Å²) >= 11 is 2.11. The predicted octanol–water partition coefficient (Wildman–Crippen LogP) is 0.402. The Balaban J connectivity index is 1.98. The van der Waals surface area contributed by atoms with E-state index in [0.717, 1.165) is 0 Å². The lowest BCUT2D eigenvalue weighted by Gasteiger charge is -2.32. The van der Waals surface area contributed by atoms with E-state index in [1.165, 1.54) is 38.2 Å². The van der Waals surface area contributed by atoms with E-state index in [4.69, 9.17) is 0 Å². The normalized spacial score (nSPS) is 31.2. The molecule has 0 saturated carbocycles. The van der Waals surface area contributed by atoms with Crippen molar-refractivity contribution in [1.29, 1.82) is 0 Å². The summed E-state index contributed by atoms with van der Waals surface area (Å²) in [5, 5.41) is 6.98. The van der Waals surface area contributed by atoms with Crippen molar-refractivity contribution in [2.45, 2.75) is 17.7 Å². The average Bonchev–Trinajstić information content (AvgIpc) is 2.39. The van der Waals surface area contributed by atoms with Gasteiger partial charge in [-0.3, -0.25) is 0 Å². The quantitative estimate of drug-likeness (QED) is 0.534. The van der Waals surface area contributed by atoms with Gasteiger partial charge in [0.05, 0.1) is 4.87 Å². The van der Waals surface area contributed by atoms with Crippen molar-refractivity contribution in [1.82, 2.24) is 10.6 Å². The minimum absolute atomic E-state index is 0.477. The first-order valence-electron chi connectivity index (χ1n) is 4.01. The van der Waals surface area contributed by atoms with E-state index < -0.39 is 0 Å². The topological polar surface area (TPSA) is 24.1 Å². The van der Waals surface area contributed by atoms with Gasteiger partial charge in [0, 0.05) is 12.3 Å². The van der Waals surface area contributed by atoms with Crippen molar-refractivity contribution >= 4 is 11.8 Å². The molecule has 0 aromatic carbocycles. The minimum atomic E-state index is 0.477. The average molecular weight is 158 g/mol. The molecule has 2 N–H and O–H groups in total. The molecule has 2 fully saturated rings. The molecule has 58 valence electrons. The molecule has 2 heterocycles. The van der Waals surface area contributed by atoms with E-state index in [-0.39, 0.29) is 0 Å². The first-order chi connectivity index (χ1) is 4.91. The summed E-state index contributed by atoms with van der Waals surface area (Å²) in [6, 6.07) is 0. The molecule has 0 aromatic heterocycles. The molecule has 0 bridgehead atoms. The maximum atomic E-state index is 3.59. The van der Waals surface area contributed by atoms with Crippen LogP contribution in [0.1, 0.15) is 12.8 Å². The highest BCUT2D eigenvalue weighted by atomic mass is 32.2. The third-order valence-corrected chi connectivity index (χ3v) is 3.85. The molecule has 0 radical (unpaired) electrons. The van der Waals surface area contributed by atoms with Gasteiger partial charge >= 0.3 is 0 Å². The highest BCUT2D eigenvalue weighted by Crippen LogP contribution is 2.34. The molecule has 2 nitrogen and oxygen atoms in total. The number of hydrogen-bond acceptors (Lipinski definition) is 3. The van der Waals surface area contributed by atoms with Crippen LogP contribution in [-0.2, 0) is 0 Å². The first kappa shape index (κ1) is 6.95. The molecule has 2 aliphatic heterocycles. The van der Waals surface area contributed by atoms with E-state index in [2.05, 4.69) is 22.4 Å². The zero-order valence-electron chi connectivity index (χ0n) is 6.15. The van der Waals surface area contributed by atoms with Crippen LogP contribution < -0.4 is 10.6 Å². The van der Waals surface area contributed by atoms with Crippen molar-refractivity contribution < 1.29 is 0 Å². The monoisotopic (exact) mass is 158 g/mol. The lowest BCUT2D eigenvalue weighted by molar-refractivity contribution is 0.371. The van der Waals surface area contributed by atoms with Crippen molar-refractivity contribution in [3.63, 3.8) is 0 Å². The Morgan fingerprint density at radius 3 is 2.50 bits per heavy atom. The molecular weight excluding hydrogens is 144 g/mol. The van der Waals surface area contributed by atoms with Gasteiger partial charge in [0.25, 0.3) is 0 Å². The van der Waals surface area contributed by atoms with Gasteiger partial charge in [-0.25, -0.2) is 0 Å². The lowest BCUT2D eigenvalue weighted by Crippen LogP contribution is -2.46. The van der Waals surface area contributed by atoms with Gasteiger partial charge in [0.1, 0.15) is 0 Å². The number of piperidine rings is 1. The first-order valence-corrected chi connectivity index (χ1v) is 5.00. The highest BCUT2D eigenvalue weighted by molar-refractivity contribution is 8.00. The maximum absolute atomic E-state index is 3.59. The molecule has 0 amide bonds. The van der Waals surface area contributed by atoms with Crippen LogP contribution in [0, 0.1) is 0 Å². The van der Waals surface area contributed by atoms with Crippen LogP contribution >= 0.6 is 11.8 Å². The zero-order chi connectivity index (χ0) is 6.86. The number of rotatable bonds is 0. The summed E-state index contributed by atoms with van der Waals surface area (Å²) in [5.41, 5.74) is 0. The fourth-order valence-electron chi connectivity index (χ4n) is 1.73. The van der Waals surface area contributed by atoms with Gasteiger partial charge < -0.3 is 10.6 Å². The van der Waals surface area contributed by atoms with Gasteiger partial charge in [0.2, 0.25) is 0 Å². The Hall–Kier alpha value is 0.270. The van der Waals surface area contributed by atoms with Crippen LogP contribution in [0.5, 0.6) is 0 Å². The second kappa shape index (κ2) is 2.72. The Kier molecular flexibility index (Phi) is 1.89. The molecule has 10 heavy (non-hydrogen) atoms. The summed E-state index contributed by atoms with van der Waals surface area (Å²) in [5.74, 6) is 1.31. The molecule has 1 spiro atoms. The third kappa shape index (κ3) is 1.18. The Bertz CT molecular complexity index is 113. The summed E-state index contributed by atoms with van der Waals surface area (Å²) in [6.07, 6.45) is 2.61. The highest BCUT2D eigenvalue weighted by Gasteiger charge is 2.34. The summed E-state index contributed by atoms with van der Waals surface area (Å²) in [4.78, 5) is 0.477. The van der Waals surface area contributed by atoms with Crippen LogP contribution in [0.25, 0.3) is 0 Å². The van der Waals surface area contributed by atoms with Gasteiger partial charge in [-0.05, 0) is 25.9 Å². The van der Waals surface area contributed by atoms with Crippen LogP contribution in [0.15, 0.2) is 0 Å². The number of hydrogen-bond donors (Lipinski definition) is 2. The zero-order valence-corrected chi connectivity index (χ0v) is 6.97. The molecule has 0 unspecified atom stereocenters. The minimum Gasteiger partial charge on any atom is -0.317 e. The second-order valence-electron chi connectivity index (χ2n) is 3.02. The van der Waals surface area contributed by atoms with Crippen molar-refractivity contribution in [2.24, 2.45) is 0 Å². The van der Waals surface area contributed by atoms with Crippen molar-refractivity contribution in [2.75, 3.05) is 25.4 Å². The van der Waals surface area contributed by atoms with Crippen LogP contribution in [-0.4, -0.2) is 30.3 Å². The van der Waals surface area contributed by atoms with Crippen molar-refractivity contribution in [3.8, 4) is 0 Å². The van der Waals surface area contributed by atoms with E-state index in [9.17, 15) is 0 Å². The van der Waals surface area contributed by atoms with Crippen LogP contribution in [0.4, 0.5) is 0 Å². The van der Waals surface area contributed by atoms with E-state index in [1.54, 1.807) is 0 Å². The molecular formula is C7H14N2S. The van der Waals surface area contributed by atoms with Gasteiger partial charge in [-0.15, -0.1) is 11.8 Å². The smallest absolute Gasteiger partial charge is 0.0670 e. The molecule has 2 rings (SSSR count).